The van der Waals surface area contributed by atoms with Gasteiger partial charge in [-0.1, -0.05) is 30.3 Å². The molecular formula is C20H33IN4O2. The summed E-state index contributed by atoms with van der Waals surface area (Å²) in [6.07, 6.45) is 1.55. The number of ether oxygens (including phenoxy) is 1. The highest BCUT2D eigenvalue weighted by Gasteiger charge is 2.25. The van der Waals surface area contributed by atoms with Crippen molar-refractivity contribution in [2.24, 2.45) is 10.9 Å². The Morgan fingerprint density at radius 3 is 2.74 bits per heavy atom. The summed E-state index contributed by atoms with van der Waals surface area (Å²) in [5, 5.41) is 6.19. The molecule has 1 fully saturated rings. The fourth-order valence-corrected chi connectivity index (χ4v) is 3.09. The number of aliphatic imine (C=N–C) groups is 1. The third-order valence-electron chi connectivity index (χ3n) is 4.35. The second-order valence-electron chi connectivity index (χ2n) is 7.05. The van der Waals surface area contributed by atoms with Gasteiger partial charge < -0.3 is 20.3 Å². The lowest BCUT2D eigenvalue weighted by atomic mass is 10.1. The van der Waals surface area contributed by atoms with E-state index in [9.17, 15) is 4.79 Å². The van der Waals surface area contributed by atoms with Crippen molar-refractivity contribution in [2.45, 2.75) is 39.3 Å². The van der Waals surface area contributed by atoms with E-state index in [1.165, 1.54) is 5.56 Å². The molecule has 1 unspecified atom stereocenters. The minimum absolute atomic E-state index is 0. The van der Waals surface area contributed by atoms with Crippen LogP contribution in [0.25, 0.3) is 0 Å². The summed E-state index contributed by atoms with van der Waals surface area (Å²) in [6, 6.07) is 10.4. The largest absolute Gasteiger partial charge is 0.376 e. The van der Waals surface area contributed by atoms with Gasteiger partial charge in [-0.15, -0.1) is 24.0 Å². The summed E-state index contributed by atoms with van der Waals surface area (Å²) in [4.78, 5) is 18.3. The number of hydrogen-bond donors (Lipinski definition) is 2. The zero-order valence-corrected chi connectivity index (χ0v) is 18.9. The molecule has 0 bridgehead atoms. The number of nitrogens with zero attached hydrogens (tertiary/aromatic N) is 2. The minimum atomic E-state index is 0. The van der Waals surface area contributed by atoms with E-state index in [-0.39, 0.29) is 35.9 Å². The smallest absolute Gasteiger partial charge is 0.221 e. The topological polar surface area (TPSA) is 66.0 Å². The van der Waals surface area contributed by atoms with E-state index in [0.717, 1.165) is 32.1 Å². The second-order valence-corrected chi connectivity index (χ2v) is 7.05. The van der Waals surface area contributed by atoms with Crippen LogP contribution in [0.2, 0.25) is 0 Å². The molecule has 2 N–H and O–H groups in total. The van der Waals surface area contributed by atoms with Crippen molar-refractivity contribution in [1.29, 1.82) is 0 Å². The van der Waals surface area contributed by atoms with Crippen molar-refractivity contribution in [3.63, 3.8) is 0 Å². The number of carbonyl (C=O) groups is 1. The van der Waals surface area contributed by atoms with Gasteiger partial charge in [0.1, 0.15) is 0 Å². The normalized spacial score (nSPS) is 17.0. The van der Waals surface area contributed by atoms with Gasteiger partial charge in [-0.3, -0.25) is 9.79 Å². The van der Waals surface area contributed by atoms with E-state index in [1.807, 2.05) is 32.0 Å². The molecule has 1 amide bonds. The maximum atomic E-state index is 11.7. The Kier molecular flexibility index (Phi) is 11.3. The Morgan fingerprint density at radius 2 is 2.07 bits per heavy atom. The number of carbonyl (C=O) groups excluding carboxylic acids is 1. The Labute approximate surface area is 180 Å². The molecule has 2 rings (SSSR count). The van der Waals surface area contributed by atoms with E-state index in [0.29, 0.717) is 25.5 Å². The maximum absolute atomic E-state index is 11.7. The number of nitrogens with one attached hydrogen (secondary N) is 2. The summed E-state index contributed by atoms with van der Waals surface area (Å²) in [7, 11) is 1.79. The monoisotopic (exact) mass is 488 g/mol. The number of likely N-dealkylation sites (tertiary alicyclic amines) is 1. The molecule has 1 saturated heterocycles. The summed E-state index contributed by atoms with van der Waals surface area (Å²) in [5.74, 6) is 1.45. The molecule has 1 atom stereocenters. The molecule has 152 valence electrons. The highest BCUT2D eigenvalue weighted by molar-refractivity contribution is 14.0. The zero-order valence-electron chi connectivity index (χ0n) is 16.6. The van der Waals surface area contributed by atoms with Crippen LogP contribution < -0.4 is 10.6 Å². The fraction of sp³-hybridized carbons (Fsp3) is 0.600. The molecule has 0 spiro atoms. The van der Waals surface area contributed by atoms with Gasteiger partial charge in [0, 0.05) is 45.1 Å². The SMILES string of the molecule is CN=C(NCCC(=O)NC(C)C)N1CCC(COCc2ccccc2)C1.I. The lowest BCUT2D eigenvalue weighted by molar-refractivity contribution is -0.121. The third kappa shape index (κ3) is 8.92. The molecule has 1 aromatic carbocycles. The van der Waals surface area contributed by atoms with Crippen LogP contribution in [-0.2, 0) is 16.1 Å². The number of rotatable bonds is 8. The van der Waals surface area contributed by atoms with Gasteiger partial charge in [-0.25, -0.2) is 0 Å². The molecule has 0 saturated carbocycles. The van der Waals surface area contributed by atoms with Crippen molar-refractivity contribution in [2.75, 3.05) is 33.3 Å². The van der Waals surface area contributed by atoms with Crippen LogP contribution in [-0.4, -0.2) is 56.1 Å². The average molecular weight is 488 g/mol. The zero-order chi connectivity index (χ0) is 18.8. The van der Waals surface area contributed by atoms with Crippen LogP contribution in [0.3, 0.4) is 0 Å². The van der Waals surface area contributed by atoms with Crippen molar-refractivity contribution >= 4 is 35.8 Å². The first-order chi connectivity index (χ1) is 12.6. The van der Waals surface area contributed by atoms with Crippen LogP contribution >= 0.6 is 24.0 Å². The number of guanidine groups is 1. The van der Waals surface area contributed by atoms with Crippen LogP contribution in [0.15, 0.2) is 35.3 Å². The second kappa shape index (κ2) is 12.9. The van der Waals surface area contributed by atoms with Crippen molar-refractivity contribution in [1.82, 2.24) is 15.5 Å². The van der Waals surface area contributed by atoms with Gasteiger partial charge in [0.25, 0.3) is 0 Å². The maximum Gasteiger partial charge on any atom is 0.221 e. The molecule has 0 aromatic heterocycles. The molecule has 6 nitrogen and oxygen atoms in total. The highest BCUT2D eigenvalue weighted by Crippen LogP contribution is 2.17. The van der Waals surface area contributed by atoms with Crippen molar-refractivity contribution < 1.29 is 9.53 Å². The molecule has 1 heterocycles. The van der Waals surface area contributed by atoms with Crippen LogP contribution in [0.5, 0.6) is 0 Å². The average Bonchev–Trinajstić information content (AvgIpc) is 3.08. The predicted molar refractivity (Wildman–Crippen MR) is 120 cm³/mol. The number of halogens is 1. The first-order valence-electron chi connectivity index (χ1n) is 9.45. The van der Waals surface area contributed by atoms with Crippen molar-refractivity contribution in [3.8, 4) is 0 Å². The van der Waals surface area contributed by atoms with E-state index in [1.54, 1.807) is 7.05 Å². The Hall–Kier alpha value is -1.35. The lowest BCUT2D eigenvalue weighted by Gasteiger charge is -2.21. The molecule has 0 radical (unpaired) electrons. The van der Waals surface area contributed by atoms with E-state index in [2.05, 4.69) is 32.7 Å². The Bertz CT molecular complexity index is 581. The van der Waals surface area contributed by atoms with Crippen molar-refractivity contribution in [3.05, 3.63) is 35.9 Å². The highest BCUT2D eigenvalue weighted by atomic mass is 127. The predicted octanol–water partition coefficient (Wildman–Crippen LogP) is 2.63. The van der Waals surface area contributed by atoms with Crippen LogP contribution in [0.4, 0.5) is 0 Å². The number of benzene rings is 1. The first kappa shape index (κ1) is 23.7. The molecule has 27 heavy (non-hydrogen) atoms. The fourth-order valence-electron chi connectivity index (χ4n) is 3.09. The standard InChI is InChI=1S/C20H32N4O2.HI/c1-16(2)23-19(25)9-11-22-20(21-3)24-12-10-18(13-24)15-26-14-17-7-5-4-6-8-17;/h4-8,16,18H,9-15H2,1-3H3,(H,21,22)(H,23,25);1H. The van der Waals surface area contributed by atoms with Crippen LogP contribution in [0, 0.1) is 5.92 Å². The van der Waals surface area contributed by atoms with Gasteiger partial charge in [-0.05, 0) is 25.8 Å². The van der Waals surface area contributed by atoms with Crippen LogP contribution in [0.1, 0.15) is 32.3 Å². The molecule has 1 aromatic rings. The summed E-state index contributed by atoms with van der Waals surface area (Å²) in [5.41, 5.74) is 1.21. The summed E-state index contributed by atoms with van der Waals surface area (Å²) >= 11 is 0. The summed E-state index contributed by atoms with van der Waals surface area (Å²) in [6.45, 7) is 7.86. The number of hydrogen-bond acceptors (Lipinski definition) is 3. The molecule has 0 aliphatic carbocycles. The molecule has 1 aliphatic rings. The van der Waals surface area contributed by atoms with Gasteiger partial charge in [0.05, 0.1) is 13.2 Å². The van der Waals surface area contributed by atoms with E-state index < -0.39 is 0 Å². The number of amides is 1. The van der Waals surface area contributed by atoms with Gasteiger partial charge >= 0.3 is 0 Å². The Morgan fingerprint density at radius 1 is 1.33 bits per heavy atom. The third-order valence-corrected chi connectivity index (χ3v) is 4.35. The minimum Gasteiger partial charge on any atom is -0.376 e. The molecule has 7 heteroatoms. The van der Waals surface area contributed by atoms with E-state index in [4.69, 9.17) is 4.74 Å². The molecule has 1 aliphatic heterocycles. The van der Waals surface area contributed by atoms with Gasteiger partial charge in [0.2, 0.25) is 5.91 Å². The van der Waals surface area contributed by atoms with Gasteiger partial charge in [0.15, 0.2) is 5.96 Å². The van der Waals surface area contributed by atoms with Gasteiger partial charge in [-0.2, -0.15) is 0 Å². The summed E-state index contributed by atoms with van der Waals surface area (Å²) < 4.78 is 5.87. The molecular weight excluding hydrogens is 455 g/mol. The van der Waals surface area contributed by atoms with E-state index >= 15 is 0 Å². The quantitative estimate of drug-likeness (QED) is 0.336. The first-order valence-corrected chi connectivity index (χ1v) is 9.45. The Balaban J connectivity index is 0.00000364. The lowest BCUT2D eigenvalue weighted by Crippen LogP contribution is -2.42.